The summed E-state index contributed by atoms with van der Waals surface area (Å²) in [6, 6.07) is 11.7. The van der Waals surface area contributed by atoms with E-state index in [-0.39, 0.29) is 10.6 Å². The average Bonchev–Trinajstić information content (AvgIpc) is 3.11. The summed E-state index contributed by atoms with van der Waals surface area (Å²) >= 11 is 2.36. The van der Waals surface area contributed by atoms with Crippen LogP contribution in [0.25, 0.3) is 0 Å². The predicted octanol–water partition coefficient (Wildman–Crippen LogP) is 1.57. The first-order chi connectivity index (χ1) is 12.5. The Labute approximate surface area is 156 Å². The van der Waals surface area contributed by atoms with Gasteiger partial charge in [0.1, 0.15) is 16.7 Å². The Balaban J connectivity index is 1.83. The fraction of sp³-hybridized carbons (Fsp3) is 0.188. The van der Waals surface area contributed by atoms with Crippen LogP contribution in [0.4, 0.5) is 5.13 Å². The third-order valence-electron chi connectivity index (χ3n) is 3.60. The lowest BCUT2D eigenvalue weighted by molar-refractivity contribution is 0.631. The number of nitriles is 1. The molecule has 2 heterocycles. The van der Waals surface area contributed by atoms with Crippen molar-refractivity contribution in [2.75, 3.05) is 5.32 Å². The quantitative estimate of drug-likeness (QED) is 0.664. The highest BCUT2D eigenvalue weighted by atomic mass is 32.2. The maximum atomic E-state index is 12.1. The fourth-order valence-corrected chi connectivity index (χ4v) is 4.03. The Hall–Kier alpha value is -2.90. The van der Waals surface area contributed by atoms with Crippen molar-refractivity contribution in [1.29, 1.82) is 5.26 Å². The summed E-state index contributed by atoms with van der Waals surface area (Å²) in [5.41, 5.74) is -0.0975. The summed E-state index contributed by atoms with van der Waals surface area (Å²) in [5.74, 6) is 0. The van der Waals surface area contributed by atoms with E-state index in [1.54, 1.807) is 0 Å². The highest BCUT2D eigenvalue weighted by Gasteiger charge is 2.18. The van der Waals surface area contributed by atoms with Crippen LogP contribution >= 0.6 is 23.1 Å². The Morgan fingerprint density at radius 2 is 1.92 bits per heavy atom. The van der Waals surface area contributed by atoms with Gasteiger partial charge in [0, 0.05) is 20.6 Å². The molecule has 0 amide bonds. The second-order valence-corrected chi connectivity index (χ2v) is 7.53. The van der Waals surface area contributed by atoms with Crippen LogP contribution in [0.3, 0.4) is 0 Å². The van der Waals surface area contributed by atoms with E-state index in [4.69, 9.17) is 0 Å². The zero-order valence-electron chi connectivity index (χ0n) is 14.0. The van der Waals surface area contributed by atoms with Gasteiger partial charge in [-0.1, -0.05) is 41.7 Å². The molecule has 1 aromatic carbocycles. The molecule has 10 heteroatoms. The van der Waals surface area contributed by atoms with Crippen molar-refractivity contribution >= 4 is 28.2 Å². The van der Waals surface area contributed by atoms with Gasteiger partial charge in [0.15, 0.2) is 4.34 Å². The normalized spacial score (nSPS) is 10.5. The number of rotatable bonds is 5. The Bertz CT molecular complexity index is 1090. The summed E-state index contributed by atoms with van der Waals surface area (Å²) in [4.78, 5) is 24.2. The monoisotopic (exact) mass is 386 g/mol. The molecule has 8 nitrogen and oxygen atoms in total. The number of hydrogen-bond donors (Lipinski definition) is 1. The van der Waals surface area contributed by atoms with Crippen LogP contribution in [-0.2, 0) is 20.6 Å². The van der Waals surface area contributed by atoms with Crippen LogP contribution in [0.15, 0.2) is 49.3 Å². The van der Waals surface area contributed by atoms with Gasteiger partial charge >= 0.3 is 5.69 Å². The maximum absolute atomic E-state index is 12.1. The van der Waals surface area contributed by atoms with E-state index in [9.17, 15) is 14.9 Å². The van der Waals surface area contributed by atoms with E-state index in [1.807, 2.05) is 36.4 Å². The molecule has 3 rings (SSSR count). The number of aromatic nitrogens is 4. The molecule has 26 heavy (non-hydrogen) atoms. The maximum Gasteiger partial charge on any atom is 0.331 e. The molecule has 3 aromatic rings. The number of nitrogens with one attached hydrogen (secondary N) is 1. The van der Waals surface area contributed by atoms with Crippen molar-refractivity contribution < 1.29 is 0 Å². The van der Waals surface area contributed by atoms with E-state index in [0.29, 0.717) is 16.0 Å². The number of nitrogens with zero attached hydrogens (tertiary/aromatic N) is 5. The van der Waals surface area contributed by atoms with Crippen LogP contribution in [0.2, 0.25) is 0 Å². The third kappa shape index (κ3) is 3.54. The van der Waals surface area contributed by atoms with Gasteiger partial charge < -0.3 is 5.32 Å². The molecule has 2 aromatic heterocycles. The van der Waals surface area contributed by atoms with Crippen LogP contribution in [0.5, 0.6) is 0 Å². The van der Waals surface area contributed by atoms with Crippen LogP contribution < -0.4 is 16.6 Å². The van der Waals surface area contributed by atoms with Crippen LogP contribution in [-0.4, -0.2) is 19.3 Å². The molecule has 0 unspecified atom stereocenters. The first-order valence-corrected chi connectivity index (χ1v) is 9.14. The van der Waals surface area contributed by atoms with Gasteiger partial charge in [-0.15, -0.1) is 10.2 Å². The summed E-state index contributed by atoms with van der Waals surface area (Å²) in [7, 11) is 2.86. The van der Waals surface area contributed by atoms with E-state index in [2.05, 4.69) is 15.5 Å². The second kappa shape index (κ2) is 7.55. The van der Waals surface area contributed by atoms with Crippen molar-refractivity contribution in [1.82, 2.24) is 19.3 Å². The Morgan fingerprint density at radius 1 is 1.19 bits per heavy atom. The highest BCUT2D eigenvalue weighted by Crippen LogP contribution is 2.32. The van der Waals surface area contributed by atoms with Crippen molar-refractivity contribution in [2.45, 2.75) is 15.9 Å². The molecular formula is C16H14N6O2S2. The van der Waals surface area contributed by atoms with E-state index in [1.165, 1.54) is 30.0 Å². The molecule has 0 atom stereocenters. The van der Waals surface area contributed by atoms with Gasteiger partial charge in [0.05, 0.1) is 0 Å². The zero-order chi connectivity index (χ0) is 18.7. The summed E-state index contributed by atoms with van der Waals surface area (Å²) in [5, 5.41) is 21.5. The molecule has 0 bridgehead atoms. The topological polar surface area (TPSA) is 106 Å². The second-order valence-electron chi connectivity index (χ2n) is 5.31. The summed E-state index contributed by atoms with van der Waals surface area (Å²) in [6.07, 6.45) is 0. The largest absolute Gasteiger partial charge is 0.356 e. The van der Waals surface area contributed by atoms with E-state index < -0.39 is 11.2 Å². The molecular weight excluding hydrogens is 372 g/mol. The van der Waals surface area contributed by atoms with Gasteiger partial charge in [0.2, 0.25) is 5.13 Å². The minimum Gasteiger partial charge on any atom is -0.356 e. The first kappa shape index (κ1) is 17.9. The summed E-state index contributed by atoms with van der Waals surface area (Å²) < 4.78 is 2.71. The number of anilines is 1. The van der Waals surface area contributed by atoms with Crippen LogP contribution in [0, 0.1) is 11.3 Å². The highest BCUT2D eigenvalue weighted by molar-refractivity contribution is 8.01. The molecule has 0 fully saturated rings. The lowest BCUT2D eigenvalue weighted by Gasteiger charge is -2.09. The molecule has 0 radical (unpaired) electrons. The smallest absolute Gasteiger partial charge is 0.331 e. The van der Waals surface area contributed by atoms with Crippen molar-refractivity contribution in [3.8, 4) is 6.07 Å². The lowest BCUT2D eigenvalue weighted by Crippen LogP contribution is -2.39. The molecule has 0 saturated carbocycles. The van der Waals surface area contributed by atoms with E-state index >= 15 is 0 Å². The van der Waals surface area contributed by atoms with Gasteiger partial charge in [-0.25, -0.2) is 4.79 Å². The van der Waals surface area contributed by atoms with E-state index in [0.717, 1.165) is 21.9 Å². The molecule has 0 aliphatic heterocycles. The molecule has 0 aliphatic rings. The molecule has 1 N–H and O–H groups in total. The third-order valence-corrected chi connectivity index (χ3v) is 5.70. The molecule has 0 saturated heterocycles. The van der Waals surface area contributed by atoms with Crippen LogP contribution in [0.1, 0.15) is 11.1 Å². The average molecular weight is 386 g/mol. The summed E-state index contributed by atoms with van der Waals surface area (Å²) in [6.45, 7) is 0.605. The zero-order valence-corrected chi connectivity index (χ0v) is 15.6. The SMILES string of the molecule is Cn1c(Sc2nnc(NCc3ccccc3)s2)c(C#N)c(=O)n(C)c1=O. The predicted molar refractivity (Wildman–Crippen MR) is 99.4 cm³/mol. The lowest BCUT2D eigenvalue weighted by atomic mass is 10.2. The Morgan fingerprint density at radius 3 is 2.62 bits per heavy atom. The number of benzene rings is 1. The minimum absolute atomic E-state index is 0.0893. The molecule has 0 aliphatic carbocycles. The number of hydrogen-bond acceptors (Lipinski definition) is 8. The standard InChI is InChI=1S/C16H14N6O2S2/c1-21-12(23)11(8-17)13(22(2)16(21)24)25-15-20-19-14(26-15)18-9-10-6-4-3-5-7-10/h3-7H,9H2,1-2H3,(H,18,19). The molecule has 132 valence electrons. The van der Waals surface area contributed by atoms with Crippen molar-refractivity contribution in [2.24, 2.45) is 14.1 Å². The van der Waals surface area contributed by atoms with Crippen molar-refractivity contribution in [3.63, 3.8) is 0 Å². The van der Waals surface area contributed by atoms with Crippen molar-refractivity contribution in [3.05, 3.63) is 62.3 Å². The van der Waals surface area contributed by atoms with Gasteiger partial charge in [-0.2, -0.15) is 5.26 Å². The minimum atomic E-state index is -0.620. The Kier molecular flexibility index (Phi) is 5.20. The van der Waals surface area contributed by atoms with Gasteiger partial charge in [0.25, 0.3) is 5.56 Å². The fourth-order valence-electron chi connectivity index (χ4n) is 2.22. The molecule has 0 spiro atoms. The first-order valence-electron chi connectivity index (χ1n) is 7.50. The van der Waals surface area contributed by atoms with Gasteiger partial charge in [-0.05, 0) is 17.3 Å². The van der Waals surface area contributed by atoms with Gasteiger partial charge in [-0.3, -0.25) is 13.9 Å².